The number of hydrogen-bond acceptors (Lipinski definition) is 5. The minimum atomic E-state index is -0.319. The predicted octanol–water partition coefficient (Wildman–Crippen LogP) is 2.56. The third kappa shape index (κ3) is 2.97. The van der Waals surface area contributed by atoms with E-state index in [-0.39, 0.29) is 5.97 Å². The summed E-state index contributed by atoms with van der Waals surface area (Å²) in [6.45, 7) is 6.53. The van der Waals surface area contributed by atoms with E-state index in [4.69, 9.17) is 4.74 Å². The molecule has 1 unspecified atom stereocenters. The maximum Gasteiger partial charge on any atom is 0.357 e. The van der Waals surface area contributed by atoms with Gasteiger partial charge in [0.2, 0.25) is 0 Å². The molecule has 1 fully saturated rings. The van der Waals surface area contributed by atoms with Crippen molar-refractivity contribution in [2.45, 2.75) is 26.7 Å². The Balaban J connectivity index is 2.04. The Labute approximate surface area is 106 Å². The Kier molecular flexibility index (Phi) is 3.99. The van der Waals surface area contributed by atoms with Gasteiger partial charge in [0.05, 0.1) is 6.61 Å². The Hall–Kier alpha value is -1.10. The van der Waals surface area contributed by atoms with Crippen molar-refractivity contribution in [3.05, 3.63) is 11.1 Å². The second kappa shape index (κ2) is 5.49. The summed E-state index contributed by atoms with van der Waals surface area (Å²) in [5.41, 5.74) is 0.435. The summed E-state index contributed by atoms with van der Waals surface area (Å²) in [4.78, 5) is 18.1. The number of esters is 1. The van der Waals surface area contributed by atoms with Crippen molar-refractivity contribution in [2.75, 3.05) is 24.6 Å². The largest absolute Gasteiger partial charge is 0.461 e. The molecule has 0 spiro atoms. The van der Waals surface area contributed by atoms with Crippen molar-refractivity contribution in [2.24, 2.45) is 5.92 Å². The topological polar surface area (TPSA) is 42.4 Å². The van der Waals surface area contributed by atoms with E-state index in [1.54, 1.807) is 12.3 Å². The molecule has 1 aliphatic heterocycles. The van der Waals surface area contributed by atoms with Crippen molar-refractivity contribution < 1.29 is 9.53 Å². The first kappa shape index (κ1) is 12.4. The summed E-state index contributed by atoms with van der Waals surface area (Å²) in [6.07, 6.45) is 2.49. The molecule has 0 saturated carbocycles. The van der Waals surface area contributed by atoms with Gasteiger partial charge in [-0.3, -0.25) is 0 Å². The standard InChI is InChI=1S/C12H18N2O2S/c1-3-16-11(15)10-8-17-12(13-10)14-6-4-5-9(2)7-14/h8-9H,3-7H2,1-2H3. The van der Waals surface area contributed by atoms with Gasteiger partial charge in [-0.2, -0.15) is 0 Å². The van der Waals surface area contributed by atoms with Crippen LogP contribution in [-0.4, -0.2) is 30.6 Å². The fourth-order valence-electron chi connectivity index (χ4n) is 2.07. The summed E-state index contributed by atoms with van der Waals surface area (Å²) in [7, 11) is 0. The highest BCUT2D eigenvalue weighted by atomic mass is 32.1. The second-order valence-corrected chi connectivity index (χ2v) is 5.27. The smallest absolute Gasteiger partial charge is 0.357 e. The molecular formula is C12H18N2O2S. The maximum absolute atomic E-state index is 11.5. The van der Waals surface area contributed by atoms with Crippen LogP contribution < -0.4 is 4.90 Å². The van der Waals surface area contributed by atoms with Crippen LogP contribution in [0.5, 0.6) is 0 Å². The highest BCUT2D eigenvalue weighted by Gasteiger charge is 2.20. The van der Waals surface area contributed by atoms with Crippen LogP contribution in [0.25, 0.3) is 0 Å². The molecule has 0 amide bonds. The number of carbonyl (C=O) groups is 1. The Bertz CT molecular complexity index is 392. The van der Waals surface area contributed by atoms with Crippen molar-refractivity contribution in [3.63, 3.8) is 0 Å². The first-order chi connectivity index (χ1) is 8.20. The van der Waals surface area contributed by atoms with Crippen LogP contribution in [0.3, 0.4) is 0 Å². The Morgan fingerprint density at radius 3 is 3.24 bits per heavy atom. The molecular weight excluding hydrogens is 236 g/mol. The molecule has 0 aliphatic carbocycles. The quantitative estimate of drug-likeness (QED) is 0.777. The van der Waals surface area contributed by atoms with Crippen LogP contribution >= 0.6 is 11.3 Å². The third-order valence-electron chi connectivity index (χ3n) is 2.90. The number of aromatic nitrogens is 1. The van der Waals surface area contributed by atoms with Gasteiger partial charge in [-0.15, -0.1) is 11.3 Å². The van der Waals surface area contributed by atoms with Gasteiger partial charge in [0, 0.05) is 18.5 Å². The molecule has 1 aliphatic rings. The van der Waals surface area contributed by atoms with Crippen molar-refractivity contribution in [1.82, 2.24) is 4.98 Å². The predicted molar refractivity (Wildman–Crippen MR) is 68.7 cm³/mol. The van der Waals surface area contributed by atoms with Crippen molar-refractivity contribution in [3.8, 4) is 0 Å². The van der Waals surface area contributed by atoms with Crippen molar-refractivity contribution in [1.29, 1.82) is 0 Å². The van der Waals surface area contributed by atoms with E-state index in [9.17, 15) is 4.79 Å². The molecule has 1 aromatic rings. The van der Waals surface area contributed by atoms with E-state index in [1.807, 2.05) is 0 Å². The number of nitrogens with zero attached hydrogens (tertiary/aromatic N) is 2. The average Bonchev–Trinajstić information content (AvgIpc) is 2.78. The molecule has 0 N–H and O–H groups in total. The van der Waals surface area contributed by atoms with Gasteiger partial charge in [-0.25, -0.2) is 9.78 Å². The first-order valence-electron chi connectivity index (χ1n) is 6.08. The molecule has 17 heavy (non-hydrogen) atoms. The van der Waals surface area contributed by atoms with Gasteiger partial charge < -0.3 is 9.64 Å². The average molecular weight is 254 g/mol. The van der Waals surface area contributed by atoms with Crippen LogP contribution in [0, 0.1) is 5.92 Å². The van der Waals surface area contributed by atoms with Crippen molar-refractivity contribution >= 4 is 22.4 Å². The summed E-state index contributed by atoms with van der Waals surface area (Å²) in [6, 6.07) is 0. The minimum Gasteiger partial charge on any atom is -0.461 e. The van der Waals surface area contributed by atoms with E-state index in [1.165, 1.54) is 24.2 Å². The molecule has 1 atom stereocenters. The highest BCUT2D eigenvalue weighted by Crippen LogP contribution is 2.26. The summed E-state index contributed by atoms with van der Waals surface area (Å²) in [5, 5.41) is 2.73. The summed E-state index contributed by atoms with van der Waals surface area (Å²) in [5.74, 6) is 0.388. The van der Waals surface area contributed by atoms with E-state index in [0.29, 0.717) is 18.2 Å². The molecule has 2 rings (SSSR count). The van der Waals surface area contributed by atoms with Crippen LogP contribution in [0.15, 0.2) is 5.38 Å². The lowest BCUT2D eigenvalue weighted by atomic mass is 10.0. The molecule has 5 heteroatoms. The first-order valence-corrected chi connectivity index (χ1v) is 6.96. The van der Waals surface area contributed by atoms with Gasteiger partial charge in [0.1, 0.15) is 0 Å². The van der Waals surface area contributed by atoms with E-state index < -0.39 is 0 Å². The number of carbonyl (C=O) groups excluding carboxylic acids is 1. The minimum absolute atomic E-state index is 0.319. The second-order valence-electron chi connectivity index (χ2n) is 4.43. The number of anilines is 1. The van der Waals surface area contributed by atoms with Crippen LogP contribution in [-0.2, 0) is 4.74 Å². The zero-order chi connectivity index (χ0) is 12.3. The SMILES string of the molecule is CCOC(=O)c1csc(N2CCCC(C)C2)n1. The molecule has 0 aromatic carbocycles. The monoisotopic (exact) mass is 254 g/mol. The van der Waals surface area contributed by atoms with Crippen LogP contribution in [0.1, 0.15) is 37.2 Å². The molecule has 4 nitrogen and oxygen atoms in total. The lowest BCUT2D eigenvalue weighted by Gasteiger charge is -2.30. The number of ether oxygens (including phenoxy) is 1. The normalized spacial score (nSPS) is 20.4. The number of thiazole rings is 1. The number of piperidine rings is 1. The van der Waals surface area contributed by atoms with E-state index in [2.05, 4.69) is 16.8 Å². The van der Waals surface area contributed by atoms with Gasteiger partial charge in [-0.05, 0) is 25.7 Å². The molecule has 1 saturated heterocycles. The molecule has 2 heterocycles. The molecule has 0 radical (unpaired) electrons. The van der Waals surface area contributed by atoms with E-state index in [0.717, 1.165) is 18.2 Å². The van der Waals surface area contributed by atoms with Gasteiger partial charge in [0.25, 0.3) is 0 Å². The van der Waals surface area contributed by atoms with Crippen LogP contribution in [0.4, 0.5) is 5.13 Å². The fraction of sp³-hybridized carbons (Fsp3) is 0.667. The summed E-state index contributed by atoms with van der Waals surface area (Å²) < 4.78 is 4.94. The molecule has 94 valence electrons. The van der Waals surface area contributed by atoms with E-state index >= 15 is 0 Å². The number of hydrogen-bond donors (Lipinski definition) is 0. The maximum atomic E-state index is 11.5. The Morgan fingerprint density at radius 2 is 2.53 bits per heavy atom. The number of rotatable bonds is 3. The third-order valence-corrected chi connectivity index (χ3v) is 3.81. The van der Waals surface area contributed by atoms with Gasteiger partial charge >= 0.3 is 5.97 Å². The highest BCUT2D eigenvalue weighted by molar-refractivity contribution is 7.13. The fourth-order valence-corrected chi connectivity index (χ4v) is 2.90. The lowest BCUT2D eigenvalue weighted by Crippen LogP contribution is -2.34. The molecule has 1 aromatic heterocycles. The zero-order valence-corrected chi connectivity index (χ0v) is 11.1. The van der Waals surface area contributed by atoms with Gasteiger partial charge in [0.15, 0.2) is 10.8 Å². The van der Waals surface area contributed by atoms with Gasteiger partial charge in [-0.1, -0.05) is 6.92 Å². The zero-order valence-electron chi connectivity index (χ0n) is 10.3. The Morgan fingerprint density at radius 1 is 1.71 bits per heavy atom. The summed E-state index contributed by atoms with van der Waals surface area (Å²) >= 11 is 1.53. The molecule has 0 bridgehead atoms. The lowest BCUT2D eigenvalue weighted by molar-refractivity contribution is 0.0520. The van der Waals surface area contributed by atoms with Crippen LogP contribution in [0.2, 0.25) is 0 Å².